The summed E-state index contributed by atoms with van der Waals surface area (Å²) in [4.78, 5) is 0. The van der Waals surface area contributed by atoms with Gasteiger partial charge in [0.25, 0.3) is 0 Å². The molecule has 0 spiro atoms. The molecule has 0 aromatic carbocycles. The van der Waals surface area contributed by atoms with Gasteiger partial charge in [0, 0.05) is 9.52 Å². The van der Waals surface area contributed by atoms with E-state index in [4.69, 9.17) is 0 Å². The lowest BCUT2D eigenvalue weighted by Gasteiger charge is -1.87. The average molecular weight is 126 g/mol. The minimum Gasteiger partial charge on any atom is -0.0917 e. The van der Waals surface area contributed by atoms with Gasteiger partial charge in [-0.1, -0.05) is 31.2 Å². The lowest BCUT2D eigenvalue weighted by atomic mass is 10.4. The van der Waals surface area contributed by atoms with Crippen molar-refractivity contribution in [2.45, 2.75) is 32.4 Å². The fraction of sp³-hybridized carbons (Fsp3) is 0.714. The second-order valence-electron chi connectivity index (χ2n) is 1.71. The van der Waals surface area contributed by atoms with Crippen LogP contribution in [0.2, 0.25) is 12.1 Å². The van der Waals surface area contributed by atoms with Crippen LogP contribution in [0.25, 0.3) is 0 Å². The Morgan fingerprint density at radius 3 is 2.75 bits per heavy atom. The smallest absolute Gasteiger partial charge is 0.0378 e. The molecule has 0 fully saturated rings. The lowest BCUT2D eigenvalue weighted by Crippen LogP contribution is -1.81. The Hall–Kier alpha value is -0.0431. The summed E-state index contributed by atoms with van der Waals surface area (Å²) in [5, 5.41) is 0. The van der Waals surface area contributed by atoms with E-state index in [0.717, 1.165) is 0 Å². The molecule has 0 aliphatic carbocycles. The maximum atomic E-state index is 2.24. The van der Waals surface area contributed by atoms with E-state index in [2.05, 4.69) is 26.0 Å². The molecular weight excluding hydrogens is 112 g/mol. The van der Waals surface area contributed by atoms with E-state index in [1.54, 1.807) is 0 Å². The molecule has 0 N–H and O–H groups in total. The molecule has 1 heteroatoms. The Morgan fingerprint density at radius 1 is 1.50 bits per heavy atom. The van der Waals surface area contributed by atoms with Crippen LogP contribution in [-0.2, 0) is 0 Å². The molecule has 0 unspecified atom stereocenters. The Bertz CT molecular complexity index is 57.4. The zero-order valence-corrected chi connectivity index (χ0v) is 6.78. The zero-order chi connectivity index (χ0) is 6.24. The maximum Gasteiger partial charge on any atom is 0.0378 e. The van der Waals surface area contributed by atoms with Crippen LogP contribution in [0.3, 0.4) is 0 Å². The Kier molecular flexibility index (Phi) is 6.92. The molecule has 0 saturated heterocycles. The first kappa shape index (κ1) is 7.96. The maximum absolute atomic E-state index is 2.24. The molecule has 0 aromatic heterocycles. The van der Waals surface area contributed by atoms with Crippen LogP contribution in [0, 0.1) is 0 Å². The second-order valence-corrected chi connectivity index (χ2v) is 3.42. The zero-order valence-electron chi connectivity index (χ0n) is 5.78. The number of hydrogen-bond donors (Lipinski definition) is 0. The third-order valence-electron chi connectivity index (χ3n) is 0.973. The second kappa shape index (κ2) is 6.96. The van der Waals surface area contributed by atoms with Crippen LogP contribution < -0.4 is 0 Å². The number of allylic oxidation sites excluding steroid dienone is 2. The standard InChI is InChI=1S/C7H14Si/c1-3-5-6-7-8-4-2/h3,5H,4,6-7H2,1-2H3/b5-3+. The SMILES string of the molecule is C/C=C/CC[Si]CC. The molecular formula is C7H14Si. The Morgan fingerprint density at radius 2 is 2.25 bits per heavy atom. The monoisotopic (exact) mass is 126 g/mol. The minimum atomic E-state index is 1.17. The summed E-state index contributed by atoms with van der Waals surface area (Å²) in [7, 11) is 1.17. The lowest BCUT2D eigenvalue weighted by molar-refractivity contribution is 1.18. The third kappa shape index (κ3) is 5.96. The van der Waals surface area contributed by atoms with Gasteiger partial charge in [0.1, 0.15) is 0 Å². The van der Waals surface area contributed by atoms with Crippen molar-refractivity contribution in [3.63, 3.8) is 0 Å². The van der Waals surface area contributed by atoms with Gasteiger partial charge in [0.2, 0.25) is 0 Å². The summed E-state index contributed by atoms with van der Waals surface area (Å²) >= 11 is 0. The van der Waals surface area contributed by atoms with Gasteiger partial charge in [-0.15, -0.1) is 0 Å². The van der Waals surface area contributed by atoms with Gasteiger partial charge < -0.3 is 0 Å². The minimum absolute atomic E-state index is 1.17. The van der Waals surface area contributed by atoms with Gasteiger partial charge in [-0.2, -0.15) is 0 Å². The fourth-order valence-corrected chi connectivity index (χ4v) is 1.25. The molecule has 8 heavy (non-hydrogen) atoms. The normalized spacial score (nSPS) is 10.8. The summed E-state index contributed by atoms with van der Waals surface area (Å²) in [5.41, 5.74) is 0. The number of hydrogen-bond acceptors (Lipinski definition) is 0. The highest BCUT2D eigenvalue weighted by atomic mass is 28.2. The largest absolute Gasteiger partial charge is 0.0917 e. The summed E-state index contributed by atoms with van der Waals surface area (Å²) in [5.74, 6) is 0. The predicted octanol–water partition coefficient (Wildman–Crippen LogP) is 2.51. The molecule has 0 heterocycles. The van der Waals surface area contributed by atoms with Crippen molar-refractivity contribution in [3.8, 4) is 0 Å². The summed E-state index contributed by atoms with van der Waals surface area (Å²) < 4.78 is 0. The van der Waals surface area contributed by atoms with Crippen molar-refractivity contribution in [2.75, 3.05) is 0 Å². The van der Waals surface area contributed by atoms with Gasteiger partial charge in [-0.25, -0.2) is 0 Å². The van der Waals surface area contributed by atoms with Gasteiger partial charge in [-0.3, -0.25) is 0 Å². The van der Waals surface area contributed by atoms with Crippen LogP contribution in [0.5, 0.6) is 0 Å². The Balaban J connectivity index is 2.72. The fourth-order valence-electron chi connectivity index (χ4n) is 0.529. The van der Waals surface area contributed by atoms with Crippen molar-refractivity contribution in [3.05, 3.63) is 12.2 Å². The average Bonchev–Trinajstić information content (AvgIpc) is 1.81. The molecule has 0 rings (SSSR count). The highest BCUT2D eigenvalue weighted by molar-refractivity contribution is 6.35. The predicted molar refractivity (Wildman–Crippen MR) is 40.5 cm³/mol. The van der Waals surface area contributed by atoms with Crippen molar-refractivity contribution in [1.29, 1.82) is 0 Å². The van der Waals surface area contributed by atoms with Crippen molar-refractivity contribution in [1.82, 2.24) is 0 Å². The Labute approximate surface area is 54.8 Å². The molecule has 0 saturated carbocycles. The third-order valence-corrected chi connectivity index (χ3v) is 2.12. The quantitative estimate of drug-likeness (QED) is 0.308. The highest BCUT2D eigenvalue weighted by Gasteiger charge is 1.80. The molecule has 0 aliphatic rings. The van der Waals surface area contributed by atoms with Crippen LogP contribution >= 0.6 is 0 Å². The molecule has 46 valence electrons. The highest BCUT2D eigenvalue weighted by Crippen LogP contribution is 1.91. The molecule has 0 aromatic rings. The van der Waals surface area contributed by atoms with Gasteiger partial charge in [-0.05, 0) is 13.3 Å². The molecule has 0 bridgehead atoms. The van der Waals surface area contributed by atoms with E-state index in [9.17, 15) is 0 Å². The van der Waals surface area contributed by atoms with E-state index in [0.29, 0.717) is 0 Å². The first-order valence-corrected chi connectivity index (χ1v) is 4.65. The molecule has 0 aliphatic heterocycles. The van der Waals surface area contributed by atoms with Gasteiger partial charge in [0.15, 0.2) is 0 Å². The molecule has 2 radical (unpaired) electrons. The van der Waals surface area contributed by atoms with Gasteiger partial charge >= 0.3 is 0 Å². The van der Waals surface area contributed by atoms with Crippen LogP contribution in [0.1, 0.15) is 20.3 Å². The van der Waals surface area contributed by atoms with Crippen molar-refractivity contribution in [2.24, 2.45) is 0 Å². The van der Waals surface area contributed by atoms with E-state index in [-0.39, 0.29) is 0 Å². The van der Waals surface area contributed by atoms with E-state index in [1.165, 1.54) is 28.0 Å². The summed E-state index contributed by atoms with van der Waals surface area (Å²) in [6.45, 7) is 4.32. The van der Waals surface area contributed by atoms with Crippen LogP contribution in [-0.4, -0.2) is 9.52 Å². The summed E-state index contributed by atoms with van der Waals surface area (Å²) in [6, 6.07) is 2.75. The van der Waals surface area contributed by atoms with Gasteiger partial charge in [0.05, 0.1) is 0 Å². The van der Waals surface area contributed by atoms with Crippen LogP contribution in [0.4, 0.5) is 0 Å². The van der Waals surface area contributed by atoms with Crippen LogP contribution in [0.15, 0.2) is 12.2 Å². The van der Waals surface area contributed by atoms with E-state index < -0.39 is 0 Å². The topological polar surface area (TPSA) is 0 Å². The first-order chi connectivity index (χ1) is 3.91. The molecule has 0 amide bonds. The van der Waals surface area contributed by atoms with Crippen molar-refractivity contribution >= 4 is 9.52 Å². The van der Waals surface area contributed by atoms with E-state index in [1.807, 2.05) is 0 Å². The molecule has 0 nitrogen and oxygen atoms in total. The van der Waals surface area contributed by atoms with Crippen molar-refractivity contribution < 1.29 is 0 Å². The first-order valence-electron chi connectivity index (χ1n) is 3.23. The molecule has 0 atom stereocenters. The summed E-state index contributed by atoms with van der Waals surface area (Å²) in [6.07, 6.45) is 5.64. The number of rotatable bonds is 4. The van der Waals surface area contributed by atoms with E-state index >= 15 is 0 Å².